The van der Waals surface area contributed by atoms with Crippen LogP contribution in [-0.2, 0) is 9.53 Å². The summed E-state index contributed by atoms with van der Waals surface area (Å²) >= 11 is 0. The zero-order chi connectivity index (χ0) is 10.8. The van der Waals surface area contributed by atoms with E-state index in [0.29, 0.717) is 0 Å². The third-order valence-electron chi connectivity index (χ3n) is 2.37. The highest BCUT2D eigenvalue weighted by molar-refractivity contribution is 5.84. The molecule has 3 nitrogen and oxygen atoms in total. The zero-order valence-electron chi connectivity index (χ0n) is 8.38. The summed E-state index contributed by atoms with van der Waals surface area (Å²) in [5, 5.41) is 9.93. The van der Waals surface area contributed by atoms with Crippen molar-refractivity contribution >= 4 is 5.97 Å². The summed E-state index contributed by atoms with van der Waals surface area (Å²) in [4.78, 5) is 10.8. The van der Waals surface area contributed by atoms with E-state index in [1.54, 1.807) is 6.08 Å². The third kappa shape index (κ3) is 2.07. The standard InChI is InChI=1S/C12H12O3/c1-8-3-2-4-9(7-8)12(14)10-5-6-11(13)15-10/h2-7,10,12,14H,1H3/t10-,12+/m1/s1. The molecule has 0 bridgehead atoms. The van der Waals surface area contributed by atoms with Gasteiger partial charge in [-0.15, -0.1) is 0 Å². The van der Waals surface area contributed by atoms with E-state index < -0.39 is 18.2 Å². The second kappa shape index (κ2) is 3.87. The Morgan fingerprint density at radius 1 is 1.47 bits per heavy atom. The predicted molar refractivity (Wildman–Crippen MR) is 55.2 cm³/mol. The van der Waals surface area contributed by atoms with Gasteiger partial charge in [0.05, 0.1) is 0 Å². The van der Waals surface area contributed by atoms with Crippen LogP contribution in [0, 0.1) is 6.92 Å². The highest BCUT2D eigenvalue weighted by Crippen LogP contribution is 2.23. The lowest BCUT2D eigenvalue weighted by Crippen LogP contribution is -2.18. The van der Waals surface area contributed by atoms with Crippen LogP contribution in [0.2, 0.25) is 0 Å². The van der Waals surface area contributed by atoms with Crippen LogP contribution in [-0.4, -0.2) is 17.2 Å². The SMILES string of the molecule is Cc1cccc([C@H](O)[C@H]2C=CC(=O)O2)c1. The van der Waals surface area contributed by atoms with Crippen molar-refractivity contribution in [2.45, 2.75) is 19.1 Å². The van der Waals surface area contributed by atoms with Crippen molar-refractivity contribution in [2.24, 2.45) is 0 Å². The monoisotopic (exact) mass is 204 g/mol. The molecule has 1 aromatic carbocycles. The maximum absolute atomic E-state index is 10.8. The summed E-state index contributed by atoms with van der Waals surface area (Å²) < 4.78 is 4.92. The van der Waals surface area contributed by atoms with E-state index >= 15 is 0 Å². The van der Waals surface area contributed by atoms with Gasteiger partial charge in [0.15, 0.2) is 6.10 Å². The minimum Gasteiger partial charge on any atom is -0.452 e. The van der Waals surface area contributed by atoms with Crippen molar-refractivity contribution in [3.63, 3.8) is 0 Å². The molecule has 2 atom stereocenters. The van der Waals surface area contributed by atoms with Crippen molar-refractivity contribution in [3.05, 3.63) is 47.5 Å². The molecule has 0 aliphatic carbocycles. The Hall–Kier alpha value is -1.61. The molecular weight excluding hydrogens is 192 g/mol. The van der Waals surface area contributed by atoms with Gasteiger partial charge in [-0.1, -0.05) is 29.8 Å². The molecule has 0 radical (unpaired) electrons. The van der Waals surface area contributed by atoms with Gasteiger partial charge >= 0.3 is 5.97 Å². The van der Waals surface area contributed by atoms with E-state index in [2.05, 4.69) is 0 Å². The molecule has 0 saturated heterocycles. The smallest absolute Gasteiger partial charge is 0.331 e. The average Bonchev–Trinajstić information content (AvgIpc) is 2.64. The molecule has 15 heavy (non-hydrogen) atoms. The fourth-order valence-electron chi connectivity index (χ4n) is 1.60. The molecule has 2 rings (SSSR count). The summed E-state index contributed by atoms with van der Waals surface area (Å²) in [6, 6.07) is 7.52. The van der Waals surface area contributed by atoms with E-state index in [9.17, 15) is 9.90 Å². The molecule has 0 unspecified atom stereocenters. The fraction of sp³-hybridized carbons (Fsp3) is 0.250. The van der Waals surface area contributed by atoms with Gasteiger partial charge in [0.2, 0.25) is 0 Å². The van der Waals surface area contributed by atoms with E-state index in [1.165, 1.54) is 6.08 Å². The number of carbonyl (C=O) groups excluding carboxylic acids is 1. The Kier molecular flexibility index (Phi) is 2.56. The minimum absolute atomic E-state index is 0.397. The number of carbonyl (C=O) groups is 1. The first-order chi connectivity index (χ1) is 7.16. The van der Waals surface area contributed by atoms with Crippen LogP contribution in [0.5, 0.6) is 0 Å². The summed E-state index contributed by atoms with van der Waals surface area (Å²) in [6.45, 7) is 1.95. The van der Waals surface area contributed by atoms with Crippen LogP contribution < -0.4 is 0 Å². The Morgan fingerprint density at radius 2 is 2.27 bits per heavy atom. The van der Waals surface area contributed by atoms with Gasteiger partial charge in [-0.05, 0) is 18.6 Å². The lowest BCUT2D eigenvalue weighted by atomic mass is 10.0. The highest BCUT2D eigenvalue weighted by Gasteiger charge is 2.25. The van der Waals surface area contributed by atoms with Crippen molar-refractivity contribution in [1.82, 2.24) is 0 Å². The van der Waals surface area contributed by atoms with Crippen LogP contribution in [0.25, 0.3) is 0 Å². The number of aliphatic hydroxyl groups excluding tert-OH is 1. The number of aliphatic hydroxyl groups is 1. The molecule has 1 aliphatic heterocycles. The number of rotatable bonds is 2. The molecule has 1 aromatic rings. The Labute approximate surface area is 88.0 Å². The number of esters is 1. The molecule has 0 fully saturated rings. The van der Waals surface area contributed by atoms with Gasteiger partial charge < -0.3 is 9.84 Å². The minimum atomic E-state index is -0.785. The molecular formula is C12H12O3. The molecule has 1 heterocycles. The van der Waals surface area contributed by atoms with Crippen LogP contribution in [0.4, 0.5) is 0 Å². The number of hydrogen-bond acceptors (Lipinski definition) is 3. The van der Waals surface area contributed by atoms with Gasteiger partial charge in [0, 0.05) is 6.08 Å². The second-order valence-electron chi connectivity index (χ2n) is 3.62. The number of cyclic esters (lactones) is 1. The number of aryl methyl sites for hydroxylation is 1. The first kappa shape index (κ1) is 9.93. The summed E-state index contributed by atoms with van der Waals surface area (Å²) in [6.07, 6.45) is 1.57. The fourth-order valence-corrected chi connectivity index (χ4v) is 1.60. The molecule has 0 saturated carbocycles. The van der Waals surface area contributed by atoms with Crippen molar-refractivity contribution in [3.8, 4) is 0 Å². The van der Waals surface area contributed by atoms with Crippen LogP contribution in [0.1, 0.15) is 17.2 Å². The van der Waals surface area contributed by atoms with E-state index in [4.69, 9.17) is 4.74 Å². The molecule has 1 aliphatic rings. The molecule has 78 valence electrons. The number of benzene rings is 1. The normalized spacial score (nSPS) is 21.5. The highest BCUT2D eigenvalue weighted by atomic mass is 16.6. The van der Waals surface area contributed by atoms with E-state index in [1.807, 2.05) is 31.2 Å². The lowest BCUT2D eigenvalue weighted by molar-refractivity contribution is -0.142. The van der Waals surface area contributed by atoms with Crippen LogP contribution in [0.3, 0.4) is 0 Å². The first-order valence-electron chi connectivity index (χ1n) is 4.80. The number of hydrogen-bond donors (Lipinski definition) is 1. The quantitative estimate of drug-likeness (QED) is 0.743. The van der Waals surface area contributed by atoms with E-state index in [0.717, 1.165) is 11.1 Å². The Bertz CT molecular complexity index is 409. The molecule has 0 aromatic heterocycles. The van der Waals surface area contributed by atoms with Crippen molar-refractivity contribution in [2.75, 3.05) is 0 Å². The topological polar surface area (TPSA) is 46.5 Å². The largest absolute Gasteiger partial charge is 0.452 e. The Balaban J connectivity index is 2.18. The molecule has 0 amide bonds. The van der Waals surface area contributed by atoms with E-state index in [-0.39, 0.29) is 0 Å². The maximum atomic E-state index is 10.8. The molecule has 3 heteroatoms. The Morgan fingerprint density at radius 3 is 2.87 bits per heavy atom. The van der Waals surface area contributed by atoms with Gasteiger partial charge in [-0.3, -0.25) is 0 Å². The predicted octanol–water partition coefficient (Wildman–Crippen LogP) is 1.51. The van der Waals surface area contributed by atoms with Gasteiger partial charge in [0.25, 0.3) is 0 Å². The van der Waals surface area contributed by atoms with Crippen LogP contribution in [0.15, 0.2) is 36.4 Å². The van der Waals surface area contributed by atoms with Crippen molar-refractivity contribution in [1.29, 1.82) is 0 Å². The summed E-state index contributed by atoms with van der Waals surface area (Å²) in [5.74, 6) is -0.397. The summed E-state index contributed by atoms with van der Waals surface area (Å²) in [5.41, 5.74) is 1.83. The summed E-state index contributed by atoms with van der Waals surface area (Å²) in [7, 11) is 0. The second-order valence-corrected chi connectivity index (χ2v) is 3.62. The third-order valence-corrected chi connectivity index (χ3v) is 2.37. The molecule has 0 spiro atoms. The number of ether oxygens (including phenoxy) is 1. The molecule has 1 N–H and O–H groups in total. The van der Waals surface area contributed by atoms with Crippen molar-refractivity contribution < 1.29 is 14.6 Å². The van der Waals surface area contributed by atoms with Crippen LogP contribution >= 0.6 is 0 Å². The lowest BCUT2D eigenvalue weighted by Gasteiger charge is -2.16. The van der Waals surface area contributed by atoms with Gasteiger partial charge in [0.1, 0.15) is 6.10 Å². The van der Waals surface area contributed by atoms with Gasteiger partial charge in [-0.2, -0.15) is 0 Å². The maximum Gasteiger partial charge on any atom is 0.331 e. The average molecular weight is 204 g/mol. The first-order valence-corrected chi connectivity index (χ1v) is 4.80. The zero-order valence-corrected chi connectivity index (χ0v) is 8.38. The van der Waals surface area contributed by atoms with Gasteiger partial charge in [-0.25, -0.2) is 4.79 Å².